The van der Waals surface area contributed by atoms with Crippen molar-refractivity contribution in [2.45, 2.75) is 6.36 Å². The third-order valence-electron chi connectivity index (χ3n) is 3.13. The highest BCUT2D eigenvalue weighted by Gasteiger charge is 2.30. The van der Waals surface area contributed by atoms with Crippen LogP contribution in [-0.2, 0) is 0 Å². The summed E-state index contributed by atoms with van der Waals surface area (Å²) in [6.45, 7) is 0. The lowest BCUT2D eigenvalue weighted by molar-refractivity contribution is -0.274. The van der Waals surface area contributed by atoms with E-state index in [4.69, 9.17) is 0 Å². The van der Waals surface area contributed by atoms with Gasteiger partial charge in [-0.2, -0.15) is 4.99 Å². The fourth-order valence-corrected chi connectivity index (χ4v) is 2.16. The molecule has 0 saturated heterocycles. The van der Waals surface area contributed by atoms with E-state index in [2.05, 4.69) is 37.2 Å². The second-order valence-electron chi connectivity index (χ2n) is 4.80. The number of hydrogen-bond acceptors (Lipinski definition) is 5. The molecule has 0 aliphatic rings. The minimum Gasteiger partial charge on any atom is -0.406 e. The molecular weight excluding hydrogens is 353 g/mol. The fraction of sp³-hybridized carbons (Fsp3) is 0.0625. The highest BCUT2D eigenvalue weighted by atomic mass is 32.1. The monoisotopic (exact) mass is 362 g/mol. The molecule has 2 aromatic carbocycles. The summed E-state index contributed by atoms with van der Waals surface area (Å²) < 4.78 is 41.8. The van der Waals surface area contributed by atoms with Crippen molar-refractivity contribution in [1.82, 2.24) is 14.8 Å². The highest BCUT2D eigenvalue weighted by molar-refractivity contribution is 7.78. The maximum Gasteiger partial charge on any atom is 0.573 e. The molecule has 0 spiro atoms. The van der Waals surface area contributed by atoms with Gasteiger partial charge >= 0.3 is 6.36 Å². The average Bonchev–Trinajstić information content (AvgIpc) is 3.05. The Morgan fingerprint density at radius 1 is 1.04 bits per heavy atom. The third-order valence-corrected chi connectivity index (χ3v) is 3.22. The molecule has 0 atom stereocenters. The van der Waals surface area contributed by atoms with Gasteiger partial charge in [-0.05, 0) is 60.7 Å². The lowest BCUT2D eigenvalue weighted by Gasteiger charge is -2.09. The zero-order valence-corrected chi connectivity index (χ0v) is 13.3. The second kappa shape index (κ2) is 6.84. The third kappa shape index (κ3) is 4.28. The average molecular weight is 362 g/mol. The maximum atomic E-state index is 12.2. The molecular formula is C16H9F3N4OS. The van der Waals surface area contributed by atoms with Crippen LogP contribution in [0.4, 0.5) is 18.9 Å². The van der Waals surface area contributed by atoms with Gasteiger partial charge in [0.2, 0.25) is 0 Å². The van der Waals surface area contributed by atoms with E-state index in [-0.39, 0.29) is 5.75 Å². The number of aliphatic imine (C=N–C) groups is 1. The molecule has 25 heavy (non-hydrogen) atoms. The number of nitrogens with zero attached hydrogens (tertiary/aromatic N) is 4. The Balaban J connectivity index is 1.80. The first kappa shape index (κ1) is 16.8. The molecule has 0 bridgehead atoms. The number of thiocarbonyl (C=S) groups is 1. The predicted octanol–water partition coefficient (Wildman–Crippen LogP) is 4.57. The van der Waals surface area contributed by atoms with E-state index in [0.29, 0.717) is 17.2 Å². The zero-order valence-electron chi connectivity index (χ0n) is 12.4. The molecule has 0 saturated carbocycles. The van der Waals surface area contributed by atoms with Gasteiger partial charge in [-0.1, -0.05) is 0 Å². The Kier molecular flexibility index (Phi) is 4.60. The van der Waals surface area contributed by atoms with E-state index in [1.165, 1.54) is 35.3 Å². The molecule has 1 aromatic heterocycles. The van der Waals surface area contributed by atoms with E-state index < -0.39 is 6.36 Å². The fourth-order valence-electron chi connectivity index (χ4n) is 2.06. The first-order valence-electron chi connectivity index (χ1n) is 6.91. The summed E-state index contributed by atoms with van der Waals surface area (Å²) in [5.74, 6) is 0.166. The summed E-state index contributed by atoms with van der Waals surface area (Å²) in [5.41, 5.74) is 1.98. The number of isothiocyanates is 1. The molecule has 0 unspecified atom stereocenters. The molecule has 1 heterocycles. The molecule has 0 N–H and O–H groups in total. The Hall–Kier alpha value is -3.03. The van der Waals surface area contributed by atoms with Gasteiger partial charge in [-0.3, -0.25) is 0 Å². The summed E-state index contributed by atoms with van der Waals surface area (Å²) in [7, 11) is 0. The summed E-state index contributed by atoms with van der Waals surface area (Å²) in [5, 5.41) is 6.59. The number of halogens is 3. The Morgan fingerprint density at radius 2 is 1.72 bits per heavy atom. The van der Waals surface area contributed by atoms with Gasteiger partial charge in [0.25, 0.3) is 0 Å². The number of ether oxygens (including phenoxy) is 1. The Labute approximate surface area is 145 Å². The van der Waals surface area contributed by atoms with E-state index in [9.17, 15) is 13.2 Å². The SMILES string of the molecule is FC(F)(F)Oc1ccc(-n2cnc(-c3ccc(N=C=S)cc3)n2)cc1. The summed E-state index contributed by atoms with van der Waals surface area (Å²) in [6, 6.07) is 12.4. The number of aromatic nitrogens is 3. The first-order valence-corrected chi connectivity index (χ1v) is 7.31. The van der Waals surface area contributed by atoms with Crippen molar-refractivity contribution in [2.24, 2.45) is 4.99 Å². The topological polar surface area (TPSA) is 52.3 Å². The normalized spacial score (nSPS) is 11.0. The van der Waals surface area contributed by atoms with Crippen LogP contribution in [0.25, 0.3) is 17.1 Å². The molecule has 0 radical (unpaired) electrons. The standard InChI is InChI=1S/C16H9F3N4OS/c17-16(18,19)24-14-7-5-13(6-8-14)23-9-20-15(22-23)11-1-3-12(4-2-11)21-10-25/h1-9H. The van der Waals surface area contributed by atoms with E-state index in [1.54, 1.807) is 24.3 Å². The molecule has 5 nitrogen and oxygen atoms in total. The van der Waals surface area contributed by atoms with Gasteiger partial charge in [0.15, 0.2) is 5.82 Å². The van der Waals surface area contributed by atoms with Gasteiger partial charge in [0.05, 0.1) is 16.5 Å². The number of alkyl halides is 3. The molecule has 0 amide bonds. The number of benzene rings is 2. The van der Waals surface area contributed by atoms with Crippen LogP contribution in [0.3, 0.4) is 0 Å². The Bertz CT molecular complexity index is 914. The summed E-state index contributed by atoms with van der Waals surface area (Å²) >= 11 is 4.54. The molecule has 3 aromatic rings. The van der Waals surface area contributed by atoms with Crippen LogP contribution < -0.4 is 4.74 Å². The van der Waals surface area contributed by atoms with Crippen molar-refractivity contribution in [1.29, 1.82) is 0 Å². The van der Waals surface area contributed by atoms with Crippen molar-refractivity contribution in [3.63, 3.8) is 0 Å². The van der Waals surface area contributed by atoms with Crippen LogP contribution in [0.2, 0.25) is 0 Å². The molecule has 9 heteroatoms. The van der Waals surface area contributed by atoms with Crippen LogP contribution >= 0.6 is 12.2 Å². The second-order valence-corrected chi connectivity index (χ2v) is 4.99. The van der Waals surface area contributed by atoms with E-state index in [0.717, 1.165) is 5.56 Å². The summed E-state index contributed by atoms with van der Waals surface area (Å²) in [4.78, 5) is 8.05. The quantitative estimate of drug-likeness (QED) is 0.504. The maximum absolute atomic E-state index is 12.2. The van der Waals surface area contributed by atoms with Gasteiger partial charge in [-0.25, -0.2) is 9.67 Å². The van der Waals surface area contributed by atoms with Crippen LogP contribution in [0.5, 0.6) is 5.75 Å². The molecule has 126 valence electrons. The van der Waals surface area contributed by atoms with Gasteiger partial charge < -0.3 is 4.74 Å². The van der Waals surface area contributed by atoms with E-state index in [1.807, 2.05) is 0 Å². The van der Waals surface area contributed by atoms with Crippen LogP contribution in [0, 0.1) is 0 Å². The highest BCUT2D eigenvalue weighted by Crippen LogP contribution is 2.24. The van der Waals surface area contributed by atoms with Crippen molar-refractivity contribution in [3.05, 3.63) is 54.9 Å². The zero-order chi connectivity index (χ0) is 17.9. The largest absolute Gasteiger partial charge is 0.573 e. The van der Waals surface area contributed by atoms with Gasteiger partial charge in [0.1, 0.15) is 12.1 Å². The van der Waals surface area contributed by atoms with Crippen LogP contribution in [0.1, 0.15) is 0 Å². The van der Waals surface area contributed by atoms with Gasteiger partial charge in [-0.15, -0.1) is 18.3 Å². The molecule has 0 aliphatic heterocycles. The van der Waals surface area contributed by atoms with Gasteiger partial charge in [0, 0.05) is 5.56 Å². The number of rotatable bonds is 4. The summed E-state index contributed by atoms with van der Waals surface area (Å²) in [6.07, 6.45) is -3.25. The van der Waals surface area contributed by atoms with Crippen molar-refractivity contribution in [2.75, 3.05) is 0 Å². The molecule has 0 aliphatic carbocycles. The van der Waals surface area contributed by atoms with Crippen LogP contribution in [-0.4, -0.2) is 26.3 Å². The minimum absolute atomic E-state index is 0.300. The number of hydrogen-bond donors (Lipinski definition) is 0. The van der Waals surface area contributed by atoms with Crippen LogP contribution in [0.15, 0.2) is 59.9 Å². The van der Waals surface area contributed by atoms with Crippen molar-refractivity contribution in [3.8, 4) is 22.8 Å². The molecule has 0 fully saturated rings. The lowest BCUT2D eigenvalue weighted by Crippen LogP contribution is -2.17. The predicted molar refractivity (Wildman–Crippen MR) is 88.2 cm³/mol. The minimum atomic E-state index is -4.72. The smallest absolute Gasteiger partial charge is 0.406 e. The van der Waals surface area contributed by atoms with Crippen molar-refractivity contribution < 1.29 is 17.9 Å². The Morgan fingerprint density at radius 3 is 2.32 bits per heavy atom. The first-order chi connectivity index (χ1) is 11.9. The molecule has 3 rings (SSSR count). The van der Waals surface area contributed by atoms with Crippen molar-refractivity contribution >= 4 is 23.1 Å². The lowest BCUT2D eigenvalue weighted by atomic mass is 10.2. The van der Waals surface area contributed by atoms with E-state index >= 15 is 0 Å².